The highest BCUT2D eigenvalue weighted by atomic mass is 16.3. The highest BCUT2D eigenvalue weighted by molar-refractivity contribution is 6.03. The molecule has 1 aromatic heterocycles. The van der Waals surface area contributed by atoms with Gasteiger partial charge in [-0.05, 0) is 0 Å². The number of rotatable bonds is 3. The van der Waals surface area contributed by atoms with Gasteiger partial charge in [-0.3, -0.25) is 5.41 Å². The Labute approximate surface area is 70.5 Å². The van der Waals surface area contributed by atoms with Gasteiger partial charge in [0, 0.05) is 24.9 Å². The molecule has 0 amide bonds. The molecule has 1 aromatic rings. The van der Waals surface area contributed by atoms with Crippen molar-refractivity contribution in [2.45, 2.75) is 13.3 Å². The van der Waals surface area contributed by atoms with E-state index in [-0.39, 0.29) is 11.5 Å². The number of nitrogens with zero attached hydrogens (tertiary/aromatic N) is 1. The van der Waals surface area contributed by atoms with Crippen LogP contribution in [0.25, 0.3) is 0 Å². The Kier molecular flexibility index (Phi) is 2.63. The number of allylic oxidation sites excluding steroid dienone is 2. The Morgan fingerprint density at radius 3 is 3.08 bits per heavy atom. The summed E-state index contributed by atoms with van der Waals surface area (Å²) in [5.74, 6) is 0.659. The number of aromatic nitrogens is 2. The number of hydrogen-bond donors (Lipinski definition) is 3. The zero-order valence-electron chi connectivity index (χ0n) is 6.83. The van der Waals surface area contributed by atoms with Gasteiger partial charge in [0.25, 0.3) is 0 Å². The van der Waals surface area contributed by atoms with Crippen molar-refractivity contribution >= 4 is 5.71 Å². The van der Waals surface area contributed by atoms with Gasteiger partial charge in [-0.25, -0.2) is 4.98 Å². The van der Waals surface area contributed by atoms with Crippen LogP contribution in [0.2, 0.25) is 0 Å². The second-order valence-corrected chi connectivity index (χ2v) is 2.34. The summed E-state index contributed by atoms with van der Waals surface area (Å²) < 4.78 is 0. The molecule has 0 atom stereocenters. The van der Waals surface area contributed by atoms with Gasteiger partial charge in [-0.1, -0.05) is 6.92 Å². The minimum Gasteiger partial charge on any atom is -0.512 e. The molecule has 4 nitrogen and oxygen atoms in total. The molecule has 0 bridgehead atoms. The van der Waals surface area contributed by atoms with Crippen LogP contribution in [0, 0.1) is 5.41 Å². The molecule has 4 heteroatoms. The van der Waals surface area contributed by atoms with Gasteiger partial charge in [0.2, 0.25) is 0 Å². The van der Waals surface area contributed by atoms with Crippen LogP contribution in [-0.4, -0.2) is 20.8 Å². The number of aromatic amines is 1. The largest absolute Gasteiger partial charge is 0.512 e. The molecule has 0 aliphatic heterocycles. The topological polar surface area (TPSA) is 72.8 Å². The standard InChI is InChI=1S/C8H11N3O/c1-2-6(12)5-7(9)8-10-3-4-11-8/h3-5,9,12H,2H2,1H3,(H,10,11)/b6-5-,9-7?. The first-order valence-electron chi connectivity index (χ1n) is 3.72. The normalized spacial score (nSPS) is 11.6. The molecule has 64 valence electrons. The maximum Gasteiger partial charge on any atom is 0.155 e. The predicted octanol–water partition coefficient (Wildman–Crippen LogP) is 1.63. The van der Waals surface area contributed by atoms with Gasteiger partial charge in [0.15, 0.2) is 5.82 Å². The minimum atomic E-state index is 0.191. The highest BCUT2D eigenvalue weighted by Gasteiger charge is 2.00. The SMILES string of the molecule is CC/C(O)=C/C(=N)c1ncc[nH]1. The average Bonchev–Trinajstić information content (AvgIpc) is 2.56. The summed E-state index contributed by atoms with van der Waals surface area (Å²) in [6.07, 6.45) is 5.13. The maximum absolute atomic E-state index is 9.11. The van der Waals surface area contributed by atoms with Gasteiger partial charge in [0.1, 0.15) is 0 Å². The first-order valence-corrected chi connectivity index (χ1v) is 3.72. The van der Waals surface area contributed by atoms with E-state index < -0.39 is 0 Å². The van der Waals surface area contributed by atoms with Crippen LogP contribution < -0.4 is 0 Å². The molecule has 0 saturated heterocycles. The fraction of sp³-hybridized carbons (Fsp3) is 0.250. The first kappa shape index (κ1) is 8.52. The van der Waals surface area contributed by atoms with Gasteiger partial charge >= 0.3 is 0 Å². The molecule has 0 saturated carbocycles. The molecule has 0 spiro atoms. The van der Waals surface area contributed by atoms with E-state index in [2.05, 4.69) is 9.97 Å². The Hall–Kier alpha value is -1.58. The predicted molar refractivity (Wildman–Crippen MR) is 46.4 cm³/mol. The lowest BCUT2D eigenvalue weighted by atomic mass is 10.2. The molecular weight excluding hydrogens is 154 g/mol. The van der Waals surface area contributed by atoms with E-state index in [1.165, 1.54) is 6.08 Å². The van der Waals surface area contributed by atoms with Crippen LogP contribution >= 0.6 is 0 Å². The molecule has 0 aromatic carbocycles. The summed E-state index contributed by atoms with van der Waals surface area (Å²) in [6.45, 7) is 1.82. The van der Waals surface area contributed by atoms with Crippen LogP contribution in [-0.2, 0) is 0 Å². The molecular formula is C8H11N3O. The lowest BCUT2D eigenvalue weighted by molar-refractivity contribution is 0.395. The van der Waals surface area contributed by atoms with E-state index in [0.717, 1.165) is 0 Å². The number of aliphatic hydroxyl groups excluding tert-OH is 1. The summed E-state index contributed by atoms with van der Waals surface area (Å²) in [5.41, 5.74) is 0.194. The molecule has 1 heterocycles. The van der Waals surface area contributed by atoms with Crippen molar-refractivity contribution in [2.75, 3.05) is 0 Å². The van der Waals surface area contributed by atoms with Crippen molar-refractivity contribution in [1.29, 1.82) is 5.41 Å². The Morgan fingerprint density at radius 1 is 1.83 bits per heavy atom. The molecule has 1 rings (SSSR count). The first-order chi connectivity index (χ1) is 5.74. The monoisotopic (exact) mass is 165 g/mol. The summed E-state index contributed by atoms with van der Waals surface area (Å²) in [6, 6.07) is 0. The molecule has 12 heavy (non-hydrogen) atoms. The quantitative estimate of drug-likeness (QED) is 0.470. The highest BCUT2D eigenvalue weighted by Crippen LogP contribution is 1.98. The fourth-order valence-electron chi connectivity index (χ4n) is 0.750. The van der Waals surface area contributed by atoms with E-state index in [9.17, 15) is 0 Å². The van der Waals surface area contributed by atoms with Crippen LogP contribution in [0.15, 0.2) is 24.2 Å². The van der Waals surface area contributed by atoms with Crippen LogP contribution in [0.1, 0.15) is 19.2 Å². The molecule has 0 fully saturated rings. The van der Waals surface area contributed by atoms with Crippen molar-refractivity contribution in [3.05, 3.63) is 30.1 Å². The van der Waals surface area contributed by atoms with Gasteiger partial charge in [-0.15, -0.1) is 0 Å². The van der Waals surface area contributed by atoms with E-state index in [4.69, 9.17) is 10.5 Å². The second kappa shape index (κ2) is 3.71. The number of nitrogens with one attached hydrogen (secondary N) is 2. The zero-order chi connectivity index (χ0) is 8.97. The van der Waals surface area contributed by atoms with E-state index in [1.54, 1.807) is 12.4 Å². The Morgan fingerprint density at radius 2 is 2.58 bits per heavy atom. The minimum absolute atomic E-state index is 0.191. The third kappa shape index (κ3) is 1.95. The van der Waals surface area contributed by atoms with Crippen molar-refractivity contribution < 1.29 is 5.11 Å². The van der Waals surface area contributed by atoms with E-state index in [1.807, 2.05) is 6.92 Å². The van der Waals surface area contributed by atoms with Crippen molar-refractivity contribution in [1.82, 2.24) is 9.97 Å². The number of hydrogen-bond acceptors (Lipinski definition) is 3. The van der Waals surface area contributed by atoms with Crippen molar-refractivity contribution in [3.63, 3.8) is 0 Å². The van der Waals surface area contributed by atoms with Gasteiger partial charge in [-0.2, -0.15) is 0 Å². The van der Waals surface area contributed by atoms with Gasteiger partial charge in [0.05, 0.1) is 11.5 Å². The molecule has 3 N–H and O–H groups in total. The summed E-state index contributed by atoms with van der Waals surface area (Å²) >= 11 is 0. The summed E-state index contributed by atoms with van der Waals surface area (Å²) in [7, 11) is 0. The maximum atomic E-state index is 9.11. The number of aliphatic hydroxyl groups is 1. The van der Waals surface area contributed by atoms with Crippen LogP contribution in [0.4, 0.5) is 0 Å². The van der Waals surface area contributed by atoms with Crippen LogP contribution in [0.5, 0.6) is 0 Å². The van der Waals surface area contributed by atoms with Crippen molar-refractivity contribution in [3.8, 4) is 0 Å². The third-order valence-corrected chi connectivity index (χ3v) is 1.43. The lowest BCUT2D eigenvalue weighted by Crippen LogP contribution is -1.98. The number of H-pyrrole nitrogens is 1. The summed E-state index contributed by atoms with van der Waals surface area (Å²) in [4.78, 5) is 6.64. The van der Waals surface area contributed by atoms with E-state index in [0.29, 0.717) is 12.2 Å². The van der Waals surface area contributed by atoms with Crippen LogP contribution in [0.3, 0.4) is 0 Å². The zero-order valence-corrected chi connectivity index (χ0v) is 6.83. The molecule has 0 unspecified atom stereocenters. The smallest absolute Gasteiger partial charge is 0.155 e. The third-order valence-electron chi connectivity index (χ3n) is 1.43. The molecule has 0 aliphatic carbocycles. The Bertz CT molecular complexity index is 287. The Balaban J connectivity index is 2.74. The average molecular weight is 165 g/mol. The fourth-order valence-corrected chi connectivity index (χ4v) is 0.750. The summed E-state index contributed by atoms with van der Waals surface area (Å²) in [5, 5.41) is 16.6. The molecule has 0 radical (unpaired) electrons. The van der Waals surface area contributed by atoms with Gasteiger partial charge < -0.3 is 10.1 Å². The lowest BCUT2D eigenvalue weighted by Gasteiger charge is -1.94. The second-order valence-electron chi connectivity index (χ2n) is 2.34. The van der Waals surface area contributed by atoms with Crippen molar-refractivity contribution in [2.24, 2.45) is 0 Å². The number of imidazole rings is 1. The molecule has 0 aliphatic rings. The van der Waals surface area contributed by atoms with E-state index >= 15 is 0 Å².